The maximum Gasteiger partial charge on any atom is 0.335 e. The lowest BCUT2D eigenvalue weighted by atomic mass is 10.1. The van der Waals surface area contributed by atoms with Crippen molar-refractivity contribution < 1.29 is 57.9 Å². The Bertz CT molecular complexity index is 1030. The second-order valence-corrected chi connectivity index (χ2v) is 13.7. The zero-order valence-corrected chi connectivity index (χ0v) is 35.1. The molecule has 56 heavy (non-hydrogen) atoms. The van der Waals surface area contributed by atoms with Crippen molar-refractivity contribution in [1.29, 1.82) is 0 Å². The minimum Gasteiger partial charge on any atom is -0.478 e. The van der Waals surface area contributed by atoms with Crippen molar-refractivity contribution in [3.05, 3.63) is 35.4 Å². The number of aromatic carboxylic acids is 2. The number of carbonyl (C=O) groups is 6. The van der Waals surface area contributed by atoms with E-state index in [4.69, 9.17) is 29.2 Å². The summed E-state index contributed by atoms with van der Waals surface area (Å²) in [6, 6.07) is 5.20. The van der Waals surface area contributed by atoms with E-state index in [1.165, 1.54) is 69.6 Å². The fourth-order valence-corrected chi connectivity index (χ4v) is 5.01. The average Bonchev–Trinajstić information content (AvgIpc) is 3.18. The number of hydrogen-bond donors (Lipinski definition) is 2. The molecule has 0 aliphatic heterocycles. The molecule has 12 nitrogen and oxygen atoms in total. The normalized spacial score (nSPS) is 10.2. The Balaban J connectivity index is 0. The SMILES string of the molecule is CCCCCCOC(=O)CCCCC(=O)OCCCCCC.CCCCCCOC(=O)CCCCC(=O)OCCCCCC.O=C(O)c1cccc(C(=O)O)c1. The van der Waals surface area contributed by atoms with Gasteiger partial charge in [-0.2, -0.15) is 0 Å². The van der Waals surface area contributed by atoms with Crippen LogP contribution in [-0.4, -0.2) is 72.5 Å². The summed E-state index contributed by atoms with van der Waals surface area (Å²) in [5, 5.41) is 17.0. The first-order chi connectivity index (χ1) is 27.0. The molecule has 0 radical (unpaired) electrons. The maximum absolute atomic E-state index is 11.5. The molecule has 1 aromatic carbocycles. The van der Waals surface area contributed by atoms with E-state index >= 15 is 0 Å². The standard InChI is InChI=1S/2C18H34O4.C8H6O4/c2*1-3-5-7-11-15-21-17(19)13-9-10-14-18(20)22-16-12-8-6-4-2;9-7(10)5-2-1-3-6(4-5)8(11)12/h2*3-16H2,1-2H3;1-4H,(H,9,10)(H,11,12). The fraction of sp³-hybridized carbons (Fsp3) is 0.727. The summed E-state index contributed by atoms with van der Waals surface area (Å²) >= 11 is 0. The third-order valence-electron chi connectivity index (χ3n) is 8.42. The molecule has 0 saturated heterocycles. The topological polar surface area (TPSA) is 180 Å². The summed E-state index contributed by atoms with van der Waals surface area (Å²) in [4.78, 5) is 66.6. The van der Waals surface area contributed by atoms with Gasteiger partial charge in [0, 0.05) is 25.7 Å². The third-order valence-corrected chi connectivity index (χ3v) is 8.42. The monoisotopic (exact) mass is 795 g/mol. The molecule has 1 rings (SSSR count). The summed E-state index contributed by atoms with van der Waals surface area (Å²) < 4.78 is 20.6. The van der Waals surface area contributed by atoms with Gasteiger partial charge in [0.1, 0.15) is 0 Å². The number of esters is 4. The van der Waals surface area contributed by atoms with Gasteiger partial charge in [-0.05, 0) is 69.6 Å². The summed E-state index contributed by atoms with van der Waals surface area (Å²) in [5.74, 6) is -2.85. The number of unbranched alkanes of at least 4 members (excludes halogenated alkanes) is 14. The summed E-state index contributed by atoms with van der Waals surface area (Å²) in [6.45, 7) is 10.7. The van der Waals surface area contributed by atoms with E-state index in [0.717, 1.165) is 57.4 Å². The molecule has 0 aliphatic carbocycles. The number of carboxylic acid groups (broad SMARTS) is 2. The molecule has 0 saturated carbocycles. The summed E-state index contributed by atoms with van der Waals surface area (Å²) in [5.41, 5.74) is -0.0372. The zero-order chi connectivity index (χ0) is 42.1. The van der Waals surface area contributed by atoms with Crippen LogP contribution in [0.1, 0.15) is 203 Å². The molecule has 0 aromatic heterocycles. The average molecular weight is 795 g/mol. The van der Waals surface area contributed by atoms with E-state index in [0.29, 0.717) is 77.8 Å². The highest BCUT2D eigenvalue weighted by atomic mass is 16.5. The molecule has 0 bridgehead atoms. The van der Waals surface area contributed by atoms with Crippen LogP contribution in [0.2, 0.25) is 0 Å². The number of rotatable bonds is 32. The highest BCUT2D eigenvalue weighted by Crippen LogP contribution is 2.08. The van der Waals surface area contributed by atoms with Gasteiger partial charge in [0.2, 0.25) is 0 Å². The van der Waals surface area contributed by atoms with Gasteiger partial charge in [0.25, 0.3) is 0 Å². The first-order valence-electron chi connectivity index (χ1n) is 21.2. The molecule has 2 N–H and O–H groups in total. The molecular formula is C44H74O12. The zero-order valence-electron chi connectivity index (χ0n) is 35.1. The van der Waals surface area contributed by atoms with Gasteiger partial charge in [0.15, 0.2) is 0 Å². The van der Waals surface area contributed by atoms with Gasteiger partial charge in [-0.3, -0.25) is 19.2 Å². The Labute approximate surface area is 336 Å². The molecule has 0 amide bonds. The fourth-order valence-electron chi connectivity index (χ4n) is 5.01. The second-order valence-electron chi connectivity index (χ2n) is 13.7. The van der Waals surface area contributed by atoms with Crippen LogP contribution >= 0.6 is 0 Å². The molecule has 0 aliphatic rings. The van der Waals surface area contributed by atoms with E-state index in [1.807, 2.05) is 0 Å². The number of carbonyl (C=O) groups excluding carboxylic acids is 4. The number of benzene rings is 1. The molecule has 12 heteroatoms. The van der Waals surface area contributed by atoms with E-state index in [-0.39, 0.29) is 35.0 Å². The van der Waals surface area contributed by atoms with Crippen LogP contribution in [0.5, 0.6) is 0 Å². The van der Waals surface area contributed by atoms with Gasteiger partial charge in [-0.15, -0.1) is 0 Å². The van der Waals surface area contributed by atoms with Gasteiger partial charge in [-0.25, -0.2) is 9.59 Å². The highest BCUT2D eigenvalue weighted by molar-refractivity contribution is 5.93. The van der Waals surface area contributed by atoms with Gasteiger partial charge < -0.3 is 29.2 Å². The third kappa shape index (κ3) is 38.3. The Morgan fingerprint density at radius 1 is 0.393 bits per heavy atom. The lowest BCUT2D eigenvalue weighted by molar-refractivity contribution is -0.146. The van der Waals surface area contributed by atoms with Crippen LogP contribution in [0.15, 0.2) is 24.3 Å². The Hall–Kier alpha value is -3.96. The van der Waals surface area contributed by atoms with Crippen LogP contribution in [0.3, 0.4) is 0 Å². The Morgan fingerprint density at radius 3 is 0.857 bits per heavy atom. The van der Waals surface area contributed by atoms with E-state index in [2.05, 4.69) is 27.7 Å². The molecule has 0 atom stereocenters. The first kappa shape index (κ1) is 54.1. The molecular weight excluding hydrogens is 720 g/mol. The van der Waals surface area contributed by atoms with E-state index < -0.39 is 11.9 Å². The van der Waals surface area contributed by atoms with Gasteiger partial charge >= 0.3 is 35.8 Å². The lowest BCUT2D eigenvalue weighted by Gasteiger charge is -2.05. The van der Waals surface area contributed by atoms with E-state index in [1.54, 1.807) is 0 Å². The number of ether oxygens (including phenoxy) is 4. The smallest absolute Gasteiger partial charge is 0.335 e. The number of hydrogen-bond acceptors (Lipinski definition) is 10. The van der Waals surface area contributed by atoms with Crippen molar-refractivity contribution >= 4 is 35.8 Å². The van der Waals surface area contributed by atoms with Crippen LogP contribution in [0.25, 0.3) is 0 Å². The number of carboxylic acids is 2. The summed E-state index contributed by atoms with van der Waals surface area (Å²) in [7, 11) is 0. The molecule has 0 spiro atoms. The molecule has 0 heterocycles. The lowest BCUT2D eigenvalue weighted by Crippen LogP contribution is -2.08. The van der Waals surface area contributed by atoms with E-state index in [9.17, 15) is 28.8 Å². The minimum atomic E-state index is -1.13. The Kier molecular flexibility index (Phi) is 39.3. The van der Waals surface area contributed by atoms with Crippen molar-refractivity contribution in [2.24, 2.45) is 0 Å². The highest BCUT2D eigenvalue weighted by Gasteiger charge is 2.09. The molecule has 0 unspecified atom stereocenters. The molecule has 0 fully saturated rings. The van der Waals surface area contributed by atoms with Crippen LogP contribution < -0.4 is 0 Å². The summed E-state index contributed by atoms with van der Waals surface area (Å²) in [6.07, 6.45) is 22.1. The quantitative estimate of drug-likeness (QED) is 0.0401. The van der Waals surface area contributed by atoms with Crippen molar-refractivity contribution in [1.82, 2.24) is 0 Å². The predicted octanol–water partition coefficient (Wildman–Crippen LogP) is 10.7. The predicted molar refractivity (Wildman–Crippen MR) is 218 cm³/mol. The molecule has 322 valence electrons. The Morgan fingerprint density at radius 2 is 0.643 bits per heavy atom. The first-order valence-corrected chi connectivity index (χ1v) is 21.2. The van der Waals surface area contributed by atoms with Crippen molar-refractivity contribution in [3.63, 3.8) is 0 Å². The van der Waals surface area contributed by atoms with Crippen LogP contribution in [0.4, 0.5) is 0 Å². The van der Waals surface area contributed by atoms with Crippen molar-refractivity contribution in [2.75, 3.05) is 26.4 Å². The largest absolute Gasteiger partial charge is 0.478 e. The van der Waals surface area contributed by atoms with Crippen LogP contribution in [-0.2, 0) is 38.1 Å². The van der Waals surface area contributed by atoms with Gasteiger partial charge in [0.05, 0.1) is 37.6 Å². The van der Waals surface area contributed by atoms with Crippen LogP contribution in [0, 0.1) is 0 Å². The van der Waals surface area contributed by atoms with Gasteiger partial charge in [-0.1, -0.05) is 111 Å². The second kappa shape index (κ2) is 40.7. The molecule has 1 aromatic rings. The van der Waals surface area contributed by atoms with Crippen molar-refractivity contribution in [3.8, 4) is 0 Å². The van der Waals surface area contributed by atoms with Crippen molar-refractivity contribution in [2.45, 2.75) is 182 Å². The maximum atomic E-state index is 11.5. The minimum absolute atomic E-state index is 0.0186.